The van der Waals surface area contributed by atoms with E-state index in [4.69, 9.17) is 0 Å². The molecule has 0 bridgehead atoms. The van der Waals surface area contributed by atoms with Crippen LogP contribution in [0, 0.1) is 5.92 Å². The number of hydrogen-bond acceptors (Lipinski definition) is 5. The Morgan fingerprint density at radius 1 is 1.00 bits per heavy atom. The van der Waals surface area contributed by atoms with Crippen molar-refractivity contribution < 1.29 is 31.8 Å². The van der Waals surface area contributed by atoms with Gasteiger partial charge in [-0.25, -0.2) is 15.0 Å². The first kappa shape index (κ1) is 20.8. The van der Waals surface area contributed by atoms with Gasteiger partial charge in [0.2, 0.25) is 0 Å². The number of halogens is 5. The highest BCUT2D eigenvalue weighted by Crippen LogP contribution is 2.42. The Morgan fingerprint density at radius 2 is 1.72 bits per heavy atom. The number of pyridine rings is 1. The highest BCUT2D eigenvalue weighted by Gasteiger charge is 2.40. The molecule has 2 aromatic heterocycles. The second-order valence-corrected chi connectivity index (χ2v) is 6.59. The first-order valence-corrected chi connectivity index (χ1v) is 8.50. The minimum absolute atomic E-state index is 0.0642. The SMILES string of the molecule is CC(C)C(O)(c1ccncn1)c1ccc2c(C(F)(F)F)c(OC(F)F)ccc2n1. The van der Waals surface area contributed by atoms with Crippen LogP contribution >= 0.6 is 0 Å². The number of ether oxygens (including phenoxy) is 1. The number of fused-ring (bicyclic) bond motifs is 1. The summed E-state index contributed by atoms with van der Waals surface area (Å²) in [5.74, 6) is -1.43. The topological polar surface area (TPSA) is 68.1 Å². The van der Waals surface area contributed by atoms with Crippen molar-refractivity contribution in [3.05, 3.63) is 59.8 Å². The molecule has 1 atom stereocenters. The third kappa shape index (κ3) is 3.84. The maximum Gasteiger partial charge on any atom is 0.420 e. The van der Waals surface area contributed by atoms with Gasteiger partial charge < -0.3 is 9.84 Å². The Morgan fingerprint density at radius 3 is 2.28 bits per heavy atom. The molecule has 3 aromatic rings. The summed E-state index contributed by atoms with van der Waals surface area (Å²) in [4.78, 5) is 12.0. The third-order valence-electron chi connectivity index (χ3n) is 4.53. The van der Waals surface area contributed by atoms with Gasteiger partial charge in [0.1, 0.15) is 17.6 Å². The number of rotatable bonds is 5. The first-order valence-electron chi connectivity index (χ1n) is 8.50. The number of alkyl halides is 5. The van der Waals surface area contributed by atoms with E-state index in [1.54, 1.807) is 13.8 Å². The summed E-state index contributed by atoms with van der Waals surface area (Å²) in [7, 11) is 0. The zero-order valence-corrected chi connectivity index (χ0v) is 15.3. The molecule has 1 N–H and O–H groups in total. The van der Waals surface area contributed by atoms with Crippen LogP contribution in [0.15, 0.2) is 42.9 Å². The number of nitrogens with zero attached hydrogens (tertiary/aromatic N) is 3. The molecule has 0 amide bonds. The first-order chi connectivity index (χ1) is 13.5. The van der Waals surface area contributed by atoms with Crippen LogP contribution in [0.3, 0.4) is 0 Å². The van der Waals surface area contributed by atoms with E-state index in [0.29, 0.717) is 0 Å². The van der Waals surface area contributed by atoms with E-state index in [1.165, 1.54) is 24.7 Å². The summed E-state index contributed by atoms with van der Waals surface area (Å²) in [5.41, 5.74) is -2.90. The summed E-state index contributed by atoms with van der Waals surface area (Å²) >= 11 is 0. The highest BCUT2D eigenvalue weighted by atomic mass is 19.4. The van der Waals surface area contributed by atoms with Gasteiger partial charge in [-0.2, -0.15) is 22.0 Å². The van der Waals surface area contributed by atoms with Crippen molar-refractivity contribution in [2.24, 2.45) is 5.92 Å². The molecule has 0 fully saturated rings. The summed E-state index contributed by atoms with van der Waals surface area (Å²) in [5, 5.41) is 10.9. The minimum atomic E-state index is -4.95. The smallest absolute Gasteiger partial charge is 0.420 e. The Kier molecular flexibility index (Phi) is 5.40. The van der Waals surface area contributed by atoms with E-state index in [0.717, 1.165) is 18.2 Å². The van der Waals surface area contributed by atoms with Gasteiger partial charge in [-0.3, -0.25) is 0 Å². The van der Waals surface area contributed by atoms with Crippen molar-refractivity contribution in [1.29, 1.82) is 0 Å². The van der Waals surface area contributed by atoms with Crippen molar-refractivity contribution in [2.75, 3.05) is 0 Å². The summed E-state index contributed by atoms with van der Waals surface area (Å²) < 4.78 is 69.7. The number of benzene rings is 1. The molecular weight excluding hydrogens is 397 g/mol. The van der Waals surface area contributed by atoms with Crippen LogP contribution in [-0.4, -0.2) is 26.7 Å². The third-order valence-corrected chi connectivity index (χ3v) is 4.53. The van der Waals surface area contributed by atoms with Gasteiger partial charge in [0.05, 0.1) is 16.9 Å². The van der Waals surface area contributed by atoms with E-state index in [2.05, 4.69) is 19.7 Å². The Balaban J connectivity index is 2.23. The van der Waals surface area contributed by atoms with Gasteiger partial charge in [0.25, 0.3) is 0 Å². The summed E-state index contributed by atoms with van der Waals surface area (Å²) in [6.45, 7) is -0.00627. The van der Waals surface area contributed by atoms with E-state index in [9.17, 15) is 27.1 Å². The van der Waals surface area contributed by atoms with Crippen LogP contribution in [0.5, 0.6) is 5.75 Å². The fraction of sp³-hybridized carbons (Fsp3) is 0.316. The molecule has 0 aliphatic heterocycles. The van der Waals surface area contributed by atoms with Gasteiger partial charge >= 0.3 is 12.8 Å². The lowest BCUT2D eigenvalue weighted by atomic mass is 9.83. The van der Waals surface area contributed by atoms with Crippen LogP contribution in [0.1, 0.15) is 30.8 Å². The summed E-state index contributed by atoms with van der Waals surface area (Å²) in [6.07, 6.45) is -2.29. The molecule has 0 aliphatic rings. The molecule has 3 rings (SSSR count). The zero-order valence-electron chi connectivity index (χ0n) is 15.3. The van der Waals surface area contributed by atoms with Crippen LogP contribution in [0.2, 0.25) is 0 Å². The number of aliphatic hydroxyl groups is 1. The quantitative estimate of drug-likeness (QED) is 0.623. The molecule has 0 saturated carbocycles. The average molecular weight is 413 g/mol. The monoisotopic (exact) mass is 413 g/mol. The minimum Gasteiger partial charge on any atom is -0.434 e. The molecular formula is C19H16F5N3O2. The molecule has 1 unspecified atom stereocenters. The lowest BCUT2D eigenvalue weighted by Crippen LogP contribution is -2.35. The molecule has 0 spiro atoms. The molecule has 5 nitrogen and oxygen atoms in total. The molecule has 0 saturated heterocycles. The summed E-state index contributed by atoms with van der Waals surface area (Å²) in [6, 6.07) is 5.69. The van der Waals surface area contributed by atoms with Gasteiger partial charge in [-0.1, -0.05) is 19.9 Å². The molecule has 154 valence electrons. The second-order valence-electron chi connectivity index (χ2n) is 6.59. The number of aromatic nitrogens is 3. The Labute approximate surface area is 162 Å². The van der Waals surface area contributed by atoms with E-state index in [1.807, 2.05) is 0 Å². The van der Waals surface area contributed by atoms with Crippen molar-refractivity contribution in [3.8, 4) is 5.75 Å². The van der Waals surface area contributed by atoms with E-state index in [-0.39, 0.29) is 16.9 Å². The van der Waals surface area contributed by atoms with Gasteiger partial charge in [0, 0.05) is 11.6 Å². The lowest BCUT2D eigenvalue weighted by molar-refractivity contribution is -0.140. The van der Waals surface area contributed by atoms with Crippen molar-refractivity contribution >= 4 is 10.9 Å². The van der Waals surface area contributed by atoms with Crippen LogP contribution in [-0.2, 0) is 11.8 Å². The van der Waals surface area contributed by atoms with E-state index >= 15 is 0 Å². The van der Waals surface area contributed by atoms with Crippen molar-refractivity contribution in [3.63, 3.8) is 0 Å². The second kappa shape index (κ2) is 7.51. The molecule has 0 aliphatic carbocycles. The standard InChI is InChI=1S/C19H16F5N3O2/c1-10(2)18(28,14-7-8-25-9-26-14)15-6-3-11-12(27-15)4-5-13(29-17(20)21)16(11)19(22,23)24/h3-10,17,28H,1-2H3. The predicted molar refractivity (Wildman–Crippen MR) is 93.2 cm³/mol. The Hall–Kier alpha value is -2.88. The van der Waals surface area contributed by atoms with Gasteiger partial charge in [-0.05, 0) is 30.2 Å². The molecule has 2 heterocycles. The maximum absolute atomic E-state index is 13.5. The highest BCUT2D eigenvalue weighted by molar-refractivity contribution is 5.85. The zero-order chi connectivity index (χ0) is 21.4. The largest absolute Gasteiger partial charge is 0.434 e. The average Bonchev–Trinajstić information content (AvgIpc) is 2.65. The molecule has 0 radical (unpaired) electrons. The maximum atomic E-state index is 13.5. The van der Waals surface area contributed by atoms with Crippen LogP contribution < -0.4 is 4.74 Å². The van der Waals surface area contributed by atoms with E-state index < -0.39 is 41.0 Å². The predicted octanol–water partition coefficient (Wildman–Crippen LogP) is 4.54. The lowest BCUT2D eigenvalue weighted by Gasteiger charge is -2.31. The van der Waals surface area contributed by atoms with Crippen molar-refractivity contribution in [1.82, 2.24) is 15.0 Å². The fourth-order valence-corrected chi connectivity index (χ4v) is 3.12. The molecule has 10 heteroatoms. The fourth-order valence-electron chi connectivity index (χ4n) is 3.12. The van der Waals surface area contributed by atoms with Crippen LogP contribution in [0.4, 0.5) is 22.0 Å². The van der Waals surface area contributed by atoms with Gasteiger partial charge in [-0.15, -0.1) is 0 Å². The normalized spacial score (nSPS) is 14.4. The Bertz CT molecular complexity index is 1010. The van der Waals surface area contributed by atoms with Crippen LogP contribution in [0.25, 0.3) is 10.9 Å². The molecule has 1 aromatic carbocycles. The number of hydrogen-bond donors (Lipinski definition) is 1. The van der Waals surface area contributed by atoms with Gasteiger partial charge in [0.15, 0.2) is 5.60 Å². The van der Waals surface area contributed by atoms with Crippen molar-refractivity contribution in [2.45, 2.75) is 32.2 Å². The molecule has 29 heavy (non-hydrogen) atoms.